The number of nitrogens with one attached hydrogen (secondary N) is 3. The molecule has 0 aliphatic carbocycles. The van der Waals surface area contributed by atoms with Crippen LogP contribution in [0.4, 0.5) is 5.69 Å². The number of ether oxygens (including phenoxy) is 1. The molecule has 2 fully saturated rings. The third kappa shape index (κ3) is 6.18. The fraction of sp³-hybridized carbons (Fsp3) is 0.444. The van der Waals surface area contributed by atoms with Crippen molar-refractivity contribution in [3.63, 3.8) is 0 Å². The Bertz CT molecular complexity index is 828. The van der Waals surface area contributed by atoms with Crippen LogP contribution in [0.2, 0.25) is 0 Å². The number of carbonyl (C=O) groups excluding carboxylic acids is 3. The average molecular weight is 423 g/mol. The van der Waals surface area contributed by atoms with E-state index in [0.29, 0.717) is 25.4 Å². The number of nitrogens with zero attached hydrogens (tertiary/aromatic N) is 1. The Balaban J connectivity index is 0.000000320. The average Bonchev–Trinajstić information content (AvgIpc) is 3.42. The SMILES string of the molecule is O=C1CCCN1.O=CNc1ccc2nc(SCC(=O)NC3CCOC3)sc2c1. The first-order chi connectivity index (χ1) is 13.6. The molecule has 1 aromatic carbocycles. The number of carbonyl (C=O) groups is 3. The molecule has 1 aromatic heterocycles. The normalized spacial score (nSPS) is 18.3. The minimum atomic E-state index is 0.00284. The van der Waals surface area contributed by atoms with E-state index in [1.165, 1.54) is 23.1 Å². The number of fused-ring (bicyclic) bond motifs is 1. The first-order valence-electron chi connectivity index (χ1n) is 9.01. The van der Waals surface area contributed by atoms with Gasteiger partial charge >= 0.3 is 0 Å². The lowest BCUT2D eigenvalue weighted by Crippen LogP contribution is -2.36. The Labute approximate surface area is 170 Å². The van der Waals surface area contributed by atoms with E-state index in [2.05, 4.69) is 20.9 Å². The minimum Gasteiger partial charge on any atom is -0.379 e. The molecule has 8 nitrogen and oxygen atoms in total. The zero-order chi connectivity index (χ0) is 19.8. The van der Waals surface area contributed by atoms with Gasteiger partial charge in [0.25, 0.3) is 0 Å². The summed E-state index contributed by atoms with van der Waals surface area (Å²) < 4.78 is 7.06. The number of benzene rings is 1. The Hall–Kier alpha value is -2.17. The van der Waals surface area contributed by atoms with Gasteiger partial charge in [0.15, 0.2) is 4.34 Å². The number of amides is 3. The fourth-order valence-electron chi connectivity index (χ4n) is 2.73. The van der Waals surface area contributed by atoms with Crippen LogP contribution in [-0.2, 0) is 19.1 Å². The second-order valence-corrected chi connectivity index (χ2v) is 8.55. The second kappa shape index (κ2) is 10.4. The van der Waals surface area contributed by atoms with Crippen LogP contribution in [0.25, 0.3) is 10.2 Å². The van der Waals surface area contributed by atoms with Crippen LogP contribution in [0, 0.1) is 0 Å². The van der Waals surface area contributed by atoms with E-state index < -0.39 is 0 Å². The lowest BCUT2D eigenvalue weighted by atomic mass is 10.3. The molecule has 3 amide bonds. The van der Waals surface area contributed by atoms with Gasteiger partial charge in [0.2, 0.25) is 18.2 Å². The van der Waals surface area contributed by atoms with E-state index in [4.69, 9.17) is 4.74 Å². The van der Waals surface area contributed by atoms with Crippen molar-refractivity contribution in [1.82, 2.24) is 15.6 Å². The molecular formula is C18H22N4O4S2. The number of thioether (sulfide) groups is 1. The zero-order valence-electron chi connectivity index (χ0n) is 15.2. The Morgan fingerprint density at radius 3 is 3.00 bits per heavy atom. The van der Waals surface area contributed by atoms with Gasteiger partial charge in [-0.15, -0.1) is 11.3 Å². The summed E-state index contributed by atoms with van der Waals surface area (Å²) in [7, 11) is 0. The first-order valence-corrected chi connectivity index (χ1v) is 10.8. The molecule has 4 rings (SSSR count). The van der Waals surface area contributed by atoms with Crippen molar-refractivity contribution in [1.29, 1.82) is 0 Å². The van der Waals surface area contributed by atoms with E-state index in [0.717, 1.165) is 46.1 Å². The molecule has 1 unspecified atom stereocenters. The smallest absolute Gasteiger partial charge is 0.230 e. The van der Waals surface area contributed by atoms with Crippen LogP contribution in [-0.4, -0.2) is 54.8 Å². The molecule has 0 radical (unpaired) electrons. The van der Waals surface area contributed by atoms with E-state index in [1.54, 1.807) is 6.07 Å². The molecule has 150 valence electrons. The molecule has 28 heavy (non-hydrogen) atoms. The zero-order valence-corrected chi connectivity index (χ0v) is 16.9. The van der Waals surface area contributed by atoms with Crippen LogP contribution < -0.4 is 16.0 Å². The number of rotatable bonds is 6. The van der Waals surface area contributed by atoms with Crippen molar-refractivity contribution in [3.05, 3.63) is 18.2 Å². The van der Waals surface area contributed by atoms with Crippen molar-refractivity contribution in [2.45, 2.75) is 29.6 Å². The molecule has 1 atom stereocenters. The number of hydrogen-bond donors (Lipinski definition) is 3. The van der Waals surface area contributed by atoms with Crippen LogP contribution in [0.3, 0.4) is 0 Å². The Kier molecular flexibility index (Phi) is 7.63. The van der Waals surface area contributed by atoms with Gasteiger partial charge in [-0.2, -0.15) is 0 Å². The fourth-order valence-corrected chi connectivity index (χ4v) is 4.65. The Morgan fingerprint density at radius 2 is 2.36 bits per heavy atom. The molecule has 0 saturated carbocycles. The van der Waals surface area contributed by atoms with Crippen molar-refractivity contribution in [2.24, 2.45) is 0 Å². The molecule has 2 saturated heterocycles. The third-order valence-corrected chi connectivity index (χ3v) is 6.28. The molecule has 0 spiro atoms. The summed E-state index contributed by atoms with van der Waals surface area (Å²) in [4.78, 5) is 36.9. The predicted molar refractivity (Wildman–Crippen MR) is 110 cm³/mol. The second-order valence-electron chi connectivity index (χ2n) is 6.29. The summed E-state index contributed by atoms with van der Waals surface area (Å²) in [5.74, 6) is 0.550. The van der Waals surface area contributed by atoms with E-state index in [1.807, 2.05) is 12.1 Å². The van der Waals surface area contributed by atoms with Gasteiger partial charge in [-0.05, 0) is 31.0 Å². The highest BCUT2D eigenvalue weighted by Crippen LogP contribution is 2.31. The maximum atomic E-state index is 11.9. The van der Waals surface area contributed by atoms with Crippen LogP contribution in [0.15, 0.2) is 22.5 Å². The van der Waals surface area contributed by atoms with Crippen molar-refractivity contribution >= 4 is 57.2 Å². The maximum absolute atomic E-state index is 11.9. The first kappa shape index (κ1) is 20.6. The third-order valence-electron chi connectivity index (χ3n) is 4.12. The molecule has 2 aromatic rings. The Morgan fingerprint density at radius 1 is 1.46 bits per heavy atom. The highest BCUT2D eigenvalue weighted by molar-refractivity contribution is 8.01. The number of anilines is 1. The lowest BCUT2D eigenvalue weighted by Gasteiger charge is -2.09. The summed E-state index contributed by atoms with van der Waals surface area (Å²) in [6.45, 7) is 2.20. The summed E-state index contributed by atoms with van der Waals surface area (Å²) in [5, 5.41) is 8.25. The monoisotopic (exact) mass is 422 g/mol. The van der Waals surface area contributed by atoms with Crippen LogP contribution >= 0.6 is 23.1 Å². The van der Waals surface area contributed by atoms with Gasteiger partial charge in [0, 0.05) is 25.3 Å². The van der Waals surface area contributed by atoms with Crippen LogP contribution in [0.1, 0.15) is 19.3 Å². The van der Waals surface area contributed by atoms with Gasteiger partial charge in [-0.25, -0.2) is 4.98 Å². The minimum absolute atomic E-state index is 0.00284. The molecular weight excluding hydrogens is 400 g/mol. The number of aromatic nitrogens is 1. The molecule has 3 N–H and O–H groups in total. The molecule has 0 bridgehead atoms. The largest absolute Gasteiger partial charge is 0.379 e. The topological polar surface area (TPSA) is 109 Å². The maximum Gasteiger partial charge on any atom is 0.230 e. The molecule has 2 aliphatic heterocycles. The highest BCUT2D eigenvalue weighted by atomic mass is 32.2. The number of hydrogen-bond acceptors (Lipinski definition) is 7. The summed E-state index contributed by atoms with van der Waals surface area (Å²) in [6, 6.07) is 5.68. The lowest BCUT2D eigenvalue weighted by molar-refractivity contribution is -0.120. The van der Waals surface area contributed by atoms with Gasteiger partial charge in [0.1, 0.15) is 0 Å². The van der Waals surface area contributed by atoms with Crippen LogP contribution in [0.5, 0.6) is 0 Å². The van der Waals surface area contributed by atoms with E-state index in [-0.39, 0.29) is 17.9 Å². The van der Waals surface area contributed by atoms with Gasteiger partial charge in [-0.1, -0.05) is 11.8 Å². The standard InChI is InChI=1S/C14H15N3O3S2.C4H7NO/c18-8-15-9-1-2-11-12(5-9)22-14(17-11)21-7-13(19)16-10-3-4-20-6-10;6-4-2-1-3-5-4/h1-2,5,8,10H,3-4,6-7H2,(H,15,18)(H,16,19);1-3H2,(H,5,6). The van der Waals surface area contributed by atoms with Crippen molar-refractivity contribution < 1.29 is 19.1 Å². The van der Waals surface area contributed by atoms with Crippen molar-refractivity contribution in [2.75, 3.05) is 30.8 Å². The molecule has 3 heterocycles. The summed E-state index contributed by atoms with van der Waals surface area (Å²) in [5.41, 5.74) is 1.61. The molecule has 2 aliphatic rings. The van der Waals surface area contributed by atoms with Gasteiger partial charge in [-0.3, -0.25) is 14.4 Å². The van der Waals surface area contributed by atoms with Crippen molar-refractivity contribution in [3.8, 4) is 0 Å². The molecule has 10 heteroatoms. The van der Waals surface area contributed by atoms with Gasteiger partial charge in [0.05, 0.1) is 28.6 Å². The quantitative estimate of drug-likeness (QED) is 0.483. The predicted octanol–water partition coefficient (Wildman–Crippen LogP) is 1.76. The summed E-state index contributed by atoms with van der Waals surface area (Å²) >= 11 is 2.93. The number of thiazole rings is 1. The van der Waals surface area contributed by atoms with Gasteiger partial charge < -0.3 is 20.7 Å². The van der Waals surface area contributed by atoms with E-state index >= 15 is 0 Å². The highest BCUT2D eigenvalue weighted by Gasteiger charge is 2.18. The summed E-state index contributed by atoms with van der Waals surface area (Å²) in [6.07, 6.45) is 3.29. The van der Waals surface area contributed by atoms with E-state index in [9.17, 15) is 14.4 Å².